The predicted molar refractivity (Wildman–Crippen MR) is 254 cm³/mol. The van der Waals surface area contributed by atoms with Crippen LogP contribution in [0.3, 0.4) is 0 Å². The molecule has 0 aromatic rings. The Balaban J connectivity index is 4.17. The van der Waals surface area contributed by atoms with E-state index >= 15 is 0 Å². The summed E-state index contributed by atoms with van der Waals surface area (Å²) in [4.78, 5) is 25.2. The summed E-state index contributed by atoms with van der Waals surface area (Å²) in [7, 11) is 1.35. The van der Waals surface area contributed by atoms with E-state index in [4.69, 9.17) is 18.5 Å². The number of unbranched alkanes of at least 4 members (excludes halogenated alkanes) is 24. The molecular formula is C51H96NO7P. The maximum atomic E-state index is 12.7. The highest BCUT2D eigenvalue weighted by Crippen LogP contribution is 2.38. The molecule has 0 fully saturated rings. The summed E-state index contributed by atoms with van der Waals surface area (Å²) in [6.07, 6.45) is 54.1. The third-order valence-electron chi connectivity index (χ3n) is 10.6. The van der Waals surface area contributed by atoms with Gasteiger partial charge in [-0.25, -0.2) is 0 Å². The second-order valence-electron chi connectivity index (χ2n) is 17.8. The first kappa shape index (κ1) is 58.5. The number of likely N-dealkylation sites (N-methyl/N-ethyl adjacent to an activating group) is 1. The Kier molecular flexibility index (Phi) is 43.0. The Morgan fingerprint density at radius 3 is 1.45 bits per heavy atom. The fraction of sp³-hybridized carbons (Fsp3) is 0.824. The van der Waals surface area contributed by atoms with Gasteiger partial charge in [0.05, 0.1) is 34.4 Å². The molecule has 8 nitrogen and oxygen atoms in total. The van der Waals surface area contributed by atoms with Crippen molar-refractivity contribution in [2.24, 2.45) is 0 Å². The average Bonchev–Trinajstić information content (AvgIpc) is 3.20. The molecule has 9 heteroatoms. The summed E-state index contributed by atoms with van der Waals surface area (Å²) in [5, 5.41) is 0. The van der Waals surface area contributed by atoms with E-state index in [-0.39, 0.29) is 25.8 Å². The molecule has 0 aliphatic rings. The Bertz CT molecular complexity index is 1100. The highest BCUT2D eigenvalue weighted by Gasteiger charge is 2.20. The summed E-state index contributed by atoms with van der Waals surface area (Å²) in [5.74, 6) is -0.340. The van der Waals surface area contributed by atoms with E-state index in [1.165, 1.54) is 128 Å². The van der Waals surface area contributed by atoms with E-state index < -0.39 is 13.9 Å². The molecule has 352 valence electrons. The first-order valence-electron chi connectivity index (χ1n) is 24.9. The van der Waals surface area contributed by atoms with Crippen LogP contribution >= 0.6 is 7.82 Å². The number of rotatable bonds is 46. The lowest BCUT2D eigenvalue weighted by Gasteiger charge is -2.28. The van der Waals surface area contributed by atoms with Crippen LogP contribution in [0.4, 0.5) is 0 Å². The van der Waals surface area contributed by atoms with Crippen molar-refractivity contribution in [1.82, 2.24) is 0 Å². The summed E-state index contributed by atoms with van der Waals surface area (Å²) in [6.45, 7) is 5.32. The minimum Gasteiger partial charge on any atom is -0.756 e. The van der Waals surface area contributed by atoms with Gasteiger partial charge in [0.2, 0.25) is 0 Å². The number of phosphoric acid groups is 1. The van der Waals surface area contributed by atoms with Gasteiger partial charge in [-0.1, -0.05) is 204 Å². The van der Waals surface area contributed by atoms with Crippen LogP contribution in [0.2, 0.25) is 0 Å². The van der Waals surface area contributed by atoms with Gasteiger partial charge < -0.3 is 27.9 Å². The Labute approximate surface area is 371 Å². The van der Waals surface area contributed by atoms with Crippen molar-refractivity contribution in [3.05, 3.63) is 48.6 Å². The molecule has 0 aromatic heterocycles. The van der Waals surface area contributed by atoms with Gasteiger partial charge >= 0.3 is 5.97 Å². The molecule has 0 heterocycles. The van der Waals surface area contributed by atoms with Crippen LogP contribution in [0.1, 0.15) is 213 Å². The maximum absolute atomic E-state index is 12.7. The average molecular weight is 866 g/mol. The zero-order valence-electron chi connectivity index (χ0n) is 39.9. The van der Waals surface area contributed by atoms with Crippen molar-refractivity contribution in [2.75, 3.05) is 54.1 Å². The Morgan fingerprint density at radius 1 is 0.533 bits per heavy atom. The van der Waals surface area contributed by atoms with Gasteiger partial charge in [-0.2, -0.15) is 0 Å². The Morgan fingerprint density at radius 2 is 0.967 bits per heavy atom. The normalized spacial score (nSPS) is 14.0. The smallest absolute Gasteiger partial charge is 0.306 e. The predicted octanol–water partition coefficient (Wildman–Crippen LogP) is 14.5. The molecule has 0 spiro atoms. The van der Waals surface area contributed by atoms with Crippen molar-refractivity contribution in [1.29, 1.82) is 0 Å². The minimum absolute atomic E-state index is 0.0244. The monoisotopic (exact) mass is 866 g/mol. The van der Waals surface area contributed by atoms with E-state index in [1.807, 2.05) is 21.1 Å². The zero-order chi connectivity index (χ0) is 44.1. The molecule has 2 atom stereocenters. The van der Waals surface area contributed by atoms with E-state index in [0.717, 1.165) is 64.2 Å². The Hall–Kier alpha value is -1.54. The molecule has 2 unspecified atom stereocenters. The highest BCUT2D eigenvalue weighted by atomic mass is 31.2. The van der Waals surface area contributed by atoms with Crippen molar-refractivity contribution < 1.29 is 37.3 Å². The number of hydrogen-bond acceptors (Lipinski definition) is 7. The van der Waals surface area contributed by atoms with E-state index in [1.54, 1.807) is 0 Å². The number of esters is 1. The van der Waals surface area contributed by atoms with Crippen molar-refractivity contribution >= 4 is 13.8 Å². The van der Waals surface area contributed by atoms with Gasteiger partial charge in [-0.15, -0.1) is 0 Å². The van der Waals surface area contributed by atoms with Crippen LogP contribution in [0, 0.1) is 0 Å². The minimum atomic E-state index is -4.53. The van der Waals surface area contributed by atoms with E-state index in [9.17, 15) is 14.3 Å². The molecule has 0 aliphatic carbocycles. The molecule has 0 saturated heterocycles. The van der Waals surface area contributed by atoms with Gasteiger partial charge in [-0.3, -0.25) is 9.36 Å². The van der Waals surface area contributed by atoms with Gasteiger partial charge in [0.15, 0.2) is 0 Å². The summed E-state index contributed by atoms with van der Waals surface area (Å²) < 4.78 is 34.7. The molecule has 0 aliphatic heterocycles. The molecule has 0 aromatic carbocycles. The molecule has 0 saturated carbocycles. The van der Waals surface area contributed by atoms with Gasteiger partial charge in [0, 0.05) is 13.0 Å². The SMILES string of the molecule is CC/C=C\C/C=C\C/C=C\C/C=C\CCCCCCCCCCC(=O)OC(COCCCCCCCCCCCCCCCCCCC)COP(=O)([O-])OCC[N+](C)(C)C. The largest absolute Gasteiger partial charge is 0.756 e. The second-order valence-corrected chi connectivity index (χ2v) is 19.2. The van der Waals surface area contributed by atoms with Crippen LogP contribution < -0.4 is 4.89 Å². The van der Waals surface area contributed by atoms with Crippen LogP contribution in [0.25, 0.3) is 0 Å². The third kappa shape index (κ3) is 47.5. The molecule has 60 heavy (non-hydrogen) atoms. The van der Waals surface area contributed by atoms with Crippen molar-refractivity contribution in [2.45, 2.75) is 219 Å². The summed E-state index contributed by atoms with van der Waals surface area (Å²) in [6, 6.07) is 0. The number of ether oxygens (including phenoxy) is 2. The first-order valence-corrected chi connectivity index (χ1v) is 26.3. The number of allylic oxidation sites excluding steroid dienone is 8. The molecule has 0 radical (unpaired) electrons. The number of carbonyl (C=O) groups excluding carboxylic acids is 1. The molecule has 0 N–H and O–H groups in total. The van der Waals surface area contributed by atoms with Gasteiger partial charge in [-0.05, 0) is 51.4 Å². The quantitative estimate of drug-likeness (QED) is 0.0198. The molecule has 0 rings (SSSR count). The van der Waals surface area contributed by atoms with Crippen LogP contribution in [0.5, 0.6) is 0 Å². The number of carbonyl (C=O) groups is 1. The van der Waals surface area contributed by atoms with Crippen LogP contribution in [0.15, 0.2) is 48.6 Å². The molecule has 0 bridgehead atoms. The maximum Gasteiger partial charge on any atom is 0.306 e. The van der Waals surface area contributed by atoms with E-state index in [2.05, 4.69) is 62.5 Å². The lowest BCUT2D eigenvalue weighted by Crippen LogP contribution is -2.37. The number of phosphoric ester groups is 1. The summed E-state index contributed by atoms with van der Waals surface area (Å²) in [5.41, 5.74) is 0. The first-order chi connectivity index (χ1) is 29.1. The number of hydrogen-bond donors (Lipinski definition) is 0. The third-order valence-corrected chi connectivity index (χ3v) is 11.6. The number of quaternary nitrogens is 1. The van der Waals surface area contributed by atoms with Crippen LogP contribution in [-0.4, -0.2) is 70.7 Å². The van der Waals surface area contributed by atoms with E-state index in [0.29, 0.717) is 24.1 Å². The molecule has 0 amide bonds. The van der Waals surface area contributed by atoms with Crippen molar-refractivity contribution in [3.63, 3.8) is 0 Å². The molecular weight excluding hydrogens is 770 g/mol. The van der Waals surface area contributed by atoms with Crippen molar-refractivity contribution in [3.8, 4) is 0 Å². The zero-order valence-corrected chi connectivity index (χ0v) is 40.8. The van der Waals surface area contributed by atoms with Crippen LogP contribution in [-0.2, 0) is 27.9 Å². The number of nitrogens with zero attached hydrogens (tertiary/aromatic N) is 1. The summed E-state index contributed by atoms with van der Waals surface area (Å²) >= 11 is 0. The second kappa shape index (κ2) is 44.1. The lowest BCUT2D eigenvalue weighted by atomic mass is 10.0. The highest BCUT2D eigenvalue weighted by molar-refractivity contribution is 7.45. The van der Waals surface area contributed by atoms with Gasteiger partial charge in [0.25, 0.3) is 7.82 Å². The van der Waals surface area contributed by atoms with Gasteiger partial charge in [0.1, 0.15) is 19.3 Å². The standard InChI is InChI=1S/C51H96NO7P/c1-6-8-10-12-14-16-18-20-22-24-25-26-27-28-30-32-34-36-38-40-42-44-51(53)59-50(49-58-60(54,55)57-47-45-52(3,4)5)48-56-46-43-41-39-37-35-33-31-29-23-21-19-17-15-13-11-9-7-2/h8,10,14,16,20,22,25-26,50H,6-7,9,11-13,15,17-19,21,23-24,27-49H2,1-5H3/b10-8-,16-14-,22-20-,26-25-. The topological polar surface area (TPSA) is 94.1 Å². The fourth-order valence-electron chi connectivity index (χ4n) is 6.83. The lowest BCUT2D eigenvalue weighted by molar-refractivity contribution is -0.870. The fourth-order valence-corrected chi connectivity index (χ4v) is 7.56.